The van der Waals surface area contributed by atoms with Gasteiger partial charge in [0.05, 0.1) is 18.9 Å². The Balaban J connectivity index is 0.00000264. The van der Waals surface area contributed by atoms with Crippen LogP contribution in [0.5, 0.6) is 5.75 Å². The number of carbonyl (C=O) groups excluding carboxylic acids is 2. The van der Waals surface area contributed by atoms with E-state index in [4.69, 9.17) is 15.2 Å². The number of rotatable bonds is 5. The van der Waals surface area contributed by atoms with E-state index in [-0.39, 0.29) is 30.3 Å². The molecule has 0 saturated carbocycles. The second-order valence-corrected chi connectivity index (χ2v) is 5.04. The van der Waals surface area contributed by atoms with E-state index in [1.807, 2.05) is 0 Å². The number of anilines is 1. The minimum absolute atomic E-state index is 0. The summed E-state index contributed by atoms with van der Waals surface area (Å²) in [6.45, 7) is 0.402. The number of hydrogen-bond donors (Lipinski definition) is 3. The molecule has 1 fully saturated rings. The molecule has 1 aliphatic heterocycles. The van der Waals surface area contributed by atoms with Crippen molar-refractivity contribution in [2.45, 2.75) is 25.0 Å². The Morgan fingerprint density at radius 2 is 2.13 bits per heavy atom. The van der Waals surface area contributed by atoms with Gasteiger partial charge in [0.2, 0.25) is 0 Å². The summed E-state index contributed by atoms with van der Waals surface area (Å²) >= 11 is 0. The summed E-state index contributed by atoms with van der Waals surface area (Å²) in [4.78, 5) is 23.9. The fourth-order valence-electron chi connectivity index (χ4n) is 2.38. The smallest absolute Gasteiger partial charge is 0.253 e. The molecular weight excluding hydrogens is 322 g/mol. The van der Waals surface area contributed by atoms with Gasteiger partial charge in [-0.25, -0.2) is 0 Å². The highest BCUT2D eigenvalue weighted by atomic mass is 35.5. The molecule has 128 valence electrons. The quantitative estimate of drug-likeness (QED) is 0.737. The largest absolute Gasteiger partial charge is 0.495 e. The molecule has 0 unspecified atom stereocenters. The van der Waals surface area contributed by atoms with Gasteiger partial charge in [-0.3, -0.25) is 9.59 Å². The first kappa shape index (κ1) is 19.2. The van der Waals surface area contributed by atoms with Crippen molar-refractivity contribution >= 4 is 29.9 Å². The third kappa shape index (κ3) is 4.57. The third-order valence-corrected chi connectivity index (χ3v) is 3.61. The van der Waals surface area contributed by atoms with E-state index in [1.165, 1.54) is 7.11 Å². The van der Waals surface area contributed by atoms with Crippen LogP contribution < -0.4 is 21.1 Å². The summed E-state index contributed by atoms with van der Waals surface area (Å²) in [7, 11) is 3.05. The van der Waals surface area contributed by atoms with Crippen molar-refractivity contribution in [3.05, 3.63) is 23.8 Å². The maximum Gasteiger partial charge on any atom is 0.253 e. The van der Waals surface area contributed by atoms with E-state index in [2.05, 4.69) is 10.6 Å². The van der Waals surface area contributed by atoms with E-state index in [0.717, 1.165) is 6.42 Å². The van der Waals surface area contributed by atoms with Crippen LogP contribution in [0.2, 0.25) is 0 Å². The Bertz CT molecular complexity index is 568. The van der Waals surface area contributed by atoms with Gasteiger partial charge in [0.1, 0.15) is 11.9 Å². The first-order valence-corrected chi connectivity index (χ1v) is 7.15. The molecule has 1 aromatic carbocycles. The zero-order chi connectivity index (χ0) is 16.1. The summed E-state index contributed by atoms with van der Waals surface area (Å²) in [5, 5.41) is 5.29. The fourth-order valence-corrected chi connectivity index (χ4v) is 2.38. The fraction of sp³-hybridized carbons (Fsp3) is 0.467. The normalized spacial score (nSPS) is 19.6. The number of halogens is 1. The first-order chi connectivity index (χ1) is 10.6. The van der Waals surface area contributed by atoms with Crippen LogP contribution in [0.4, 0.5) is 5.69 Å². The van der Waals surface area contributed by atoms with Crippen molar-refractivity contribution in [1.29, 1.82) is 0 Å². The molecule has 0 radical (unpaired) electrons. The summed E-state index contributed by atoms with van der Waals surface area (Å²) in [6.07, 6.45) is 0.798. The maximum absolute atomic E-state index is 12.3. The molecule has 1 aliphatic rings. The van der Waals surface area contributed by atoms with E-state index >= 15 is 0 Å². The third-order valence-electron chi connectivity index (χ3n) is 3.61. The lowest BCUT2D eigenvalue weighted by Gasteiger charge is -2.15. The van der Waals surface area contributed by atoms with Crippen LogP contribution in [0, 0.1) is 0 Å². The minimum atomic E-state index is -0.526. The molecule has 2 atom stereocenters. The van der Waals surface area contributed by atoms with Gasteiger partial charge in [-0.15, -0.1) is 12.4 Å². The number of nitrogens with two attached hydrogens (primary N) is 1. The number of methoxy groups -OCH3 is 1. The van der Waals surface area contributed by atoms with Crippen LogP contribution in [0.1, 0.15) is 23.2 Å². The van der Waals surface area contributed by atoms with Gasteiger partial charge in [0, 0.05) is 19.2 Å². The lowest BCUT2D eigenvalue weighted by atomic mass is 10.1. The Morgan fingerprint density at radius 3 is 2.70 bits per heavy atom. The van der Waals surface area contributed by atoms with Gasteiger partial charge in [0.25, 0.3) is 11.8 Å². The van der Waals surface area contributed by atoms with Crippen LogP contribution in [-0.2, 0) is 9.53 Å². The van der Waals surface area contributed by atoms with Crippen molar-refractivity contribution in [1.82, 2.24) is 5.32 Å². The van der Waals surface area contributed by atoms with Crippen LogP contribution in [-0.4, -0.2) is 44.7 Å². The maximum atomic E-state index is 12.3. The molecule has 0 aromatic heterocycles. The lowest BCUT2D eigenvalue weighted by molar-refractivity contribution is -0.126. The van der Waals surface area contributed by atoms with Gasteiger partial charge in [-0.05, 0) is 31.0 Å². The van der Waals surface area contributed by atoms with Crippen molar-refractivity contribution in [2.24, 2.45) is 5.73 Å². The van der Waals surface area contributed by atoms with E-state index < -0.39 is 6.10 Å². The molecule has 0 spiro atoms. The van der Waals surface area contributed by atoms with E-state index in [0.29, 0.717) is 30.0 Å². The molecule has 1 saturated heterocycles. The Morgan fingerprint density at radius 1 is 1.39 bits per heavy atom. The highest BCUT2D eigenvalue weighted by molar-refractivity contribution is 5.99. The van der Waals surface area contributed by atoms with Crippen molar-refractivity contribution in [3.63, 3.8) is 0 Å². The summed E-state index contributed by atoms with van der Waals surface area (Å²) in [5.41, 5.74) is 6.42. The van der Waals surface area contributed by atoms with E-state index in [9.17, 15) is 9.59 Å². The second kappa shape index (κ2) is 8.71. The molecule has 2 amide bonds. The predicted molar refractivity (Wildman–Crippen MR) is 89.2 cm³/mol. The number of carbonyl (C=O) groups is 2. The van der Waals surface area contributed by atoms with Gasteiger partial charge in [-0.1, -0.05) is 0 Å². The van der Waals surface area contributed by atoms with Gasteiger partial charge < -0.3 is 25.8 Å². The predicted octanol–water partition coefficient (Wildman–Crippen LogP) is 0.921. The highest BCUT2D eigenvalue weighted by Crippen LogP contribution is 2.27. The topological polar surface area (TPSA) is 103 Å². The van der Waals surface area contributed by atoms with Crippen molar-refractivity contribution in [3.8, 4) is 5.75 Å². The number of hydrogen-bond acceptors (Lipinski definition) is 5. The number of nitrogens with one attached hydrogen (secondary N) is 2. The number of benzene rings is 1. The van der Waals surface area contributed by atoms with Crippen LogP contribution in [0.3, 0.4) is 0 Å². The van der Waals surface area contributed by atoms with Gasteiger partial charge >= 0.3 is 0 Å². The Hall–Kier alpha value is -1.83. The summed E-state index contributed by atoms with van der Waals surface area (Å²) < 4.78 is 10.8. The minimum Gasteiger partial charge on any atom is -0.495 e. The zero-order valence-electron chi connectivity index (χ0n) is 13.1. The van der Waals surface area contributed by atoms with Gasteiger partial charge in [0.15, 0.2) is 0 Å². The molecular formula is C15H22ClN3O4. The number of ether oxygens (including phenoxy) is 2. The van der Waals surface area contributed by atoms with Crippen molar-refractivity contribution in [2.75, 3.05) is 26.0 Å². The second-order valence-electron chi connectivity index (χ2n) is 5.04. The van der Waals surface area contributed by atoms with Crippen LogP contribution >= 0.6 is 12.4 Å². The van der Waals surface area contributed by atoms with E-state index in [1.54, 1.807) is 25.2 Å². The zero-order valence-corrected chi connectivity index (χ0v) is 13.9. The van der Waals surface area contributed by atoms with Crippen LogP contribution in [0.25, 0.3) is 0 Å². The molecule has 1 heterocycles. The standard InChI is InChI=1S/C15H21N3O4.ClH/c1-17-14(19)9-3-5-12(21-2)11(7-9)18-15(20)13-6-4-10(8-16)22-13;/h3,5,7,10,13H,4,6,8,16H2,1-2H3,(H,17,19)(H,18,20);1H/t10-,13+;/m1./s1. The molecule has 23 heavy (non-hydrogen) atoms. The van der Waals surface area contributed by atoms with Gasteiger partial charge in [-0.2, -0.15) is 0 Å². The summed E-state index contributed by atoms with van der Waals surface area (Å²) in [5.74, 6) is -0.0175. The lowest BCUT2D eigenvalue weighted by Crippen LogP contribution is -2.30. The summed E-state index contributed by atoms with van der Waals surface area (Å²) in [6, 6.07) is 4.84. The molecule has 0 bridgehead atoms. The molecule has 2 rings (SSSR count). The Labute approximate surface area is 141 Å². The number of amides is 2. The Kier molecular flexibility index (Phi) is 7.28. The molecule has 0 aliphatic carbocycles. The first-order valence-electron chi connectivity index (χ1n) is 7.15. The average Bonchev–Trinajstić information content (AvgIpc) is 3.03. The highest BCUT2D eigenvalue weighted by Gasteiger charge is 2.30. The van der Waals surface area contributed by atoms with Crippen LogP contribution in [0.15, 0.2) is 18.2 Å². The molecule has 4 N–H and O–H groups in total. The molecule has 8 heteroatoms. The monoisotopic (exact) mass is 343 g/mol. The average molecular weight is 344 g/mol. The SMILES string of the molecule is CNC(=O)c1ccc(OC)c(NC(=O)[C@@H]2CC[C@H](CN)O2)c1.Cl. The van der Waals surface area contributed by atoms with Crippen molar-refractivity contribution < 1.29 is 19.1 Å². The molecule has 1 aromatic rings. The molecule has 7 nitrogen and oxygen atoms in total.